The molecular weight excluding hydrogens is 252 g/mol. The van der Waals surface area contributed by atoms with Crippen LogP contribution in [0.25, 0.3) is 0 Å². The van der Waals surface area contributed by atoms with Crippen molar-refractivity contribution in [3.63, 3.8) is 0 Å². The Morgan fingerprint density at radius 1 is 1.15 bits per heavy atom. The second-order valence-electron chi connectivity index (χ2n) is 5.23. The Hall–Kier alpha value is -1.55. The zero-order valence-corrected chi connectivity index (χ0v) is 11.9. The van der Waals surface area contributed by atoms with E-state index in [1.54, 1.807) is 0 Å². The Morgan fingerprint density at radius 3 is 2.65 bits per heavy atom. The summed E-state index contributed by atoms with van der Waals surface area (Å²) in [5, 5.41) is 5.92. The highest BCUT2D eigenvalue weighted by Gasteiger charge is 2.15. The lowest BCUT2D eigenvalue weighted by atomic mass is 10.1. The van der Waals surface area contributed by atoms with Gasteiger partial charge < -0.3 is 15.4 Å². The van der Waals surface area contributed by atoms with E-state index in [-0.39, 0.29) is 12.1 Å². The fourth-order valence-corrected chi connectivity index (χ4v) is 2.38. The fourth-order valence-electron chi connectivity index (χ4n) is 2.38. The summed E-state index contributed by atoms with van der Waals surface area (Å²) in [6, 6.07) is 10.7. The van der Waals surface area contributed by atoms with E-state index in [0.717, 1.165) is 51.9 Å². The third kappa shape index (κ3) is 5.61. The lowest BCUT2D eigenvalue weighted by Crippen LogP contribution is -2.44. The van der Waals surface area contributed by atoms with Crippen LogP contribution in [-0.4, -0.2) is 31.8 Å². The molecule has 1 aromatic carbocycles. The van der Waals surface area contributed by atoms with Gasteiger partial charge in [0.1, 0.15) is 0 Å². The number of nitrogens with one attached hydrogen (secondary N) is 2. The highest BCUT2D eigenvalue weighted by Crippen LogP contribution is 2.06. The number of carbonyl (C=O) groups excluding carboxylic acids is 1. The third-order valence-corrected chi connectivity index (χ3v) is 3.58. The molecule has 0 bridgehead atoms. The van der Waals surface area contributed by atoms with Gasteiger partial charge in [0.25, 0.3) is 0 Å². The minimum absolute atomic E-state index is 0.0448. The first-order valence-corrected chi connectivity index (χ1v) is 7.50. The van der Waals surface area contributed by atoms with E-state index in [1.165, 1.54) is 5.56 Å². The molecule has 2 rings (SSSR count). The topological polar surface area (TPSA) is 50.4 Å². The van der Waals surface area contributed by atoms with Gasteiger partial charge in [0, 0.05) is 25.8 Å². The molecule has 0 saturated carbocycles. The monoisotopic (exact) mass is 276 g/mol. The molecule has 0 unspecified atom stereocenters. The van der Waals surface area contributed by atoms with Crippen LogP contribution >= 0.6 is 0 Å². The van der Waals surface area contributed by atoms with Crippen LogP contribution in [0.15, 0.2) is 30.3 Å². The van der Waals surface area contributed by atoms with Crippen molar-refractivity contribution in [3.05, 3.63) is 35.9 Å². The molecule has 0 aliphatic carbocycles. The van der Waals surface area contributed by atoms with Crippen molar-refractivity contribution in [2.24, 2.45) is 0 Å². The van der Waals surface area contributed by atoms with Gasteiger partial charge in [-0.25, -0.2) is 4.79 Å². The molecule has 0 atom stereocenters. The standard InChI is InChI=1S/C16H24N2O2/c19-16(18-15-9-12-20-13-10-15)17-11-5-4-8-14-6-2-1-3-7-14/h1-3,6-7,15H,4-5,8-13H2,(H2,17,18,19). The summed E-state index contributed by atoms with van der Waals surface area (Å²) in [5.74, 6) is 0. The second kappa shape index (κ2) is 8.59. The van der Waals surface area contributed by atoms with Crippen LogP contribution in [0.1, 0.15) is 31.2 Å². The molecule has 1 saturated heterocycles. The van der Waals surface area contributed by atoms with Crippen molar-refractivity contribution in [2.45, 2.75) is 38.1 Å². The molecule has 1 aliphatic heterocycles. The van der Waals surface area contributed by atoms with Crippen LogP contribution in [0, 0.1) is 0 Å². The summed E-state index contributed by atoms with van der Waals surface area (Å²) in [6.07, 6.45) is 5.02. The van der Waals surface area contributed by atoms with E-state index < -0.39 is 0 Å². The predicted molar refractivity (Wildman–Crippen MR) is 79.8 cm³/mol. The van der Waals surface area contributed by atoms with Crippen molar-refractivity contribution in [2.75, 3.05) is 19.8 Å². The van der Waals surface area contributed by atoms with Gasteiger partial charge in [-0.15, -0.1) is 0 Å². The second-order valence-corrected chi connectivity index (χ2v) is 5.23. The van der Waals surface area contributed by atoms with Gasteiger partial charge in [-0.2, -0.15) is 0 Å². The summed E-state index contributed by atoms with van der Waals surface area (Å²) >= 11 is 0. The number of aryl methyl sites for hydroxylation is 1. The highest BCUT2D eigenvalue weighted by molar-refractivity contribution is 5.74. The van der Waals surface area contributed by atoms with Crippen LogP contribution < -0.4 is 10.6 Å². The zero-order valence-electron chi connectivity index (χ0n) is 11.9. The van der Waals surface area contributed by atoms with Crippen LogP contribution in [0.2, 0.25) is 0 Å². The average Bonchev–Trinajstić information content (AvgIpc) is 2.49. The highest BCUT2D eigenvalue weighted by atomic mass is 16.5. The molecular formula is C16H24N2O2. The molecule has 4 nitrogen and oxygen atoms in total. The van der Waals surface area contributed by atoms with Gasteiger partial charge in [-0.3, -0.25) is 0 Å². The van der Waals surface area contributed by atoms with Gasteiger partial charge in [0.15, 0.2) is 0 Å². The van der Waals surface area contributed by atoms with E-state index in [1.807, 2.05) is 6.07 Å². The van der Waals surface area contributed by atoms with Gasteiger partial charge >= 0.3 is 6.03 Å². The smallest absolute Gasteiger partial charge is 0.315 e. The number of hydrogen-bond acceptors (Lipinski definition) is 2. The molecule has 1 aliphatic rings. The number of rotatable bonds is 6. The minimum atomic E-state index is -0.0448. The molecule has 1 heterocycles. The van der Waals surface area contributed by atoms with Crippen molar-refractivity contribution < 1.29 is 9.53 Å². The first kappa shape index (κ1) is 14.9. The summed E-state index contributed by atoms with van der Waals surface area (Å²) in [6.45, 7) is 2.24. The van der Waals surface area contributed by atoms with Crippen LogP contribution in [0.3, 0.4) is 0 Å². The Labute approximate surface area is 120 Å². The molecule has 1 fully saturated rings. The van der Waals surface area contributed by atoms with Crippen LogP contribution in [-0.2, 0) is 11.2 Å². The van der Waals surface area contributed by atoms with Crippen molar-refractivity contribution in [1.82, 2.24) is 10.6 Å². The number of unbranched alkanes of at least 4 members (excludes halogenated alkanes) is 1. The van der Waals surface area contributed by atoms with Crippen molar-refractivity contribution in [1.29, 1.82) is 0 Å². The Kier molecular flexibility index (Phi) is 6.38. The lowest BCUT2D eigenvalue weighted by molar-refractivity contribution is 0.0801. The fraction of sp³-hybridized carbons (Fsp3) is 0.562. The van der Waals surface area contributed by atoms with E-state index in [0.29, 0.717) is 0 Å². The van der Waals surface area contributed by atoms with Crippen molar-refractivity contribution >= 4 is 6.03 Å². The number of benzene rings is 1. The summed E-state index contributed by atoms with van der Waals surface area (Å²) < 4.78 is 5.26. The Morgan fingerprint density at radius 2 is 1.90 bits per heavy atom. The first-order chi connectivity index (χ1) is 9.84. The quantitative estimate of drug-likeness (QED) is 0.784. The molecule has 2 N–H and O–H groups in total. The van der Waals surface area contributed by atoms with E-state index in [2.05, 4.69) is 34.9 Å². The molecule has 1 aromatic rings. The summed E-state index contributed by atoms with van der Waals surface area (Å²) in [5.41, 5.74) is 1.36. The van der Waals surface area contributed by atoms with E-state index in [4.69, 9.17) is 4.74 Å². The maximum atomic E-state index is 11.7. The maximum absolute atomic E-state index is 11.7. The largest absolute Gasteiger partial charge is 0.381 e. The lowest BCUT2D eigenvalue weighted by Gasteiger charge is -2.23. The van der Waals surface area contributed by atoms with Crippen molar-refractivity contribution in [3.8, 4) is 0 Å². The zero-order chi connectivity index (χ0) is 14.0. The SMILES string of the molecule is O=C(NCCCCc1ccccc1)NC1CCOCC1. The molecule has 2 amide bonds. The predicted octanol–water partition coefficient (Wildman–Crippen LogP) is 2.49. The minimum Gasteiger partial charge on any atom is -0.381 e. The van der Waals surface area contributed by atoms with Crippen LogP contribution in [0.4, 0.5) is 4.79 Å². The molecule has 0 aromatic heterocycles. The average molecular weight is 276 g/mol. The van der Waals surface area contributed by atoms with Gasteiger partial charge in [-0.1, -0.05) is 30.3 Å². The molecule has 110 valence electrons. The number of urea groups is 1. The Balaban J connectivity index is 1.51. The van der Waals surface area contributed by atoms with Gasteiger partial charge in [-0.05, 0) is 37.7 Å². The van der Waals surface area contributed by atoms with E-state index >= 15 is 0 Å². The normalized spacial score (nSPS) is 15.8. The first-order valence-electron chi connectivity index (χ1n) is 7.50. The molecule has 20 heavy (non-hydrogen) atoms. The van der Waals surface area contributed by atoms with Gasteiger partial charge in [0.2, 0.25) is 0 Å². The number of carbonyl (C=O) groups is 1. The van der Waals surface area contributed by atoms with E-state index in [9.17, 15) is 4.79 Å². The molecule has 4 heteroatoms. The number of ether oxygens (including phenoxy) is 1. The number of hydrogen-bond donors (Lipinski definition) is 2. The summed E-state index contributed by atoms with van der Waals surface area (Å²) in [7, 11) is 0. The summed E-state index contributed by atoms with van der Waals surface area (Å²) in [4.78, 5) is 11.7. The van der Waals surface area contributed by atoms with Gasteiger partial charge in [0.05, 0.1) is 0 Å². The van der Waals surface area contributed by atoms with Crippen LogP contribution in [0.5, 0.6) is 0 Å². The Bertz CT molecular complexity index is 389. The maximum Gasteiger partial charge on any atom is 0.315 e. The molecule has 0 radical (unpaired) electrons. The third-order valence-electron chi connectivity index (χ3n) is 3.58. The molecule has 0 spiro atoms. The number of amides is 2.